The largest absolute Gasteiger partial charge is 0.389 e. The number of halogens is 1. The molecule has 2 aromatic rings. The van der Waals surface area contributed by atoms with Gasteiger partial charge in [0.2, 0.25) is 0 Å². The summed E-state index contributed by atoms with van der Waals surface area (Å²) in [6, 6.07) is 7.26. The third kappa shape index (κ3) is 2.48. The fourth-order valence-electron chi connectivity index (χ4n) is 1.60. The Labute approximate surface area is 113 Å². The van der Waals surface area contributed by atoms with Crippen LogP contribution in [0, 0.1) is 14.9 Å². The van der Waals surface area contributed by atoms with Gasteiger partial charge in [0.1, 0.15) is 0 Å². The summed E-state index contributed by atoms with van der Waals surface area (Å²) < 4.78 is 2.67. The van der Waals surface area contributed by atoms with Crippen molar-refractivity contribution in [2.24, 2.45) is 0 Å². The third-order valence-electron chi connectivity index (χ3n) is 2.41. The van der Waals surface area contributed by atoms with Crippen molar-refractivity contribution in [1.82, 2.24) is 9.78 Å². The molecule has 0 unspecified atom stereocenters. The van der Waals surface area contributed by atoms with E-state index in [9.17, 15) is 5.11 Å². The molecule has 0 fully saturated rings. The second-order valence-electron chi connectivity index (χ2n) is 3.66. The van der Waals surface area contributed by atoms with Gasteiger partial charge in [0, 0.05) is 11.8 Å². The average Bonchev–Trinajstić information content (AvgIpc) is 2.75. The van der Waals surface area contributed by atoms with E-state index in [0.29, 0.717) is 5.56 Å². The molecule has 0 amide bonds. The van der Waals surface area contributed by atoms with E-state index in [2.05, 4.69) is 33.8 Å². The molecule has 0 radical (unpaired) electrons. The summed E-state index contributed by atoms with van der Waals surface area (Å²) in [7, 11) is 0. The highest BCUT2D eigenvalue weighted by molar-refractivity contribution is 14.1. The Balaban J connectivity index is 2.61. The molecule has 0 aliphatic rings. The van der Waals surface area contributed by atoms with Crippen molar-refractivity contribution in [1.29, 1.82) is 5.26 Å². The molecular formula is C12H10IN3O. The molecule has 0 saturated heterocycles. The second kappa shape index (κ2) is 4.85. The molecule has 17 heavy (non-hydrogen) atoms. The molecule has 4 nitrogen and oxygen atoms in total. The molecule has 1 heterocycles. The third-order valence-corrected chi connectivity index (χ3v) is 2.96. The van der Waals surface area contributed by atoms with Crippen LogP contribution in [0.25, 0.3) is 5.69 Å². The van der Waals surface area contributed by atoms with Gasteiger partial charge in [-0.2, -0.15) is 10.4 Å². The molecule has 0 bridgehead atoms. The lowest BCUT2D eigenvalue weighted by molar-refractivity contribution is 0.199. The van der Waals surface area contributed by atoms with Crippen LogP contribution < -0.4 is 0 Å². The molecule has 86 valence electrons. The van der Waals surface area contributed by atoms with Gasteiger partial charge in [-0.15, -0.1) is 0 Å². The van der Waals surface area contributed by atoms with Crippen LogP contribution in [0.2, 0.25) is 0 Å². The predicted molar refractivity (Wildman–Crippen MR) is 71.6 cm³/mol. The molecule has 1 aromatic heterocycles. The van der Waals surface area contributed by atoms with E-state index in [-0.39, 0.29) is 0 Å². The van der Waals surface area contributed by atoms with Crippen molar-refractivity contribution in [2.75, 3.05) is 0 Å². The molecule has 0 aliphatic carbocycles. The van der Waals surface area contributed by atoms with Gasteiger partial charge in [-0.3, -0.25) is 0 Å². The van der Waals surface area contributed by atoms with Gasteiger partial charge >= 0.3 is 0 Å². The van der Waals surface area contributed by atoms with Crippen LogP contribution in [0.3, 0.4) is 0 Å². The summed E-state index contributed by atoms with van der Waals surface area (Å²) >= 11 is 2.16. The molecule has 1 N–H and O–H groups in total. The van der Waals surface area contributed by atoms with E-state index in [4.69, 9.17) is 5.26 Å². The van der Waals surface area contributed by atoms with Crippen molar-refractivity contribution in [2.45, 2.75) is 13.0 Å². The maximum absolute atomic E-state index is 9.71. The lowest BCUT2D eigenvalue weighted by Crippen LogP contribution is -2.03. The number of aromatic nitrogens is 2. The molecular weight excluding hydrogens is 329 g/mol. The Hall–Kier alpha value is -1.39. The normalized spacial score (nSPS) is 12.1. The van der Waals surface area contributed by atoms with Crippen LogP contribution in [0.1, 0.15) is 24.2 Å². The maximum atomic E-state index is 9.71. The van der Waals surface area contributed by atoms with Gasteiger partial charge in [0.05, 0.1) is 33.2 Å². The number of benzene rings is 1. The Kier molecular flexibility index (Phi) is 3.45. The highest BCUT2D eigenvalue weighted by Crippen LogP contribution is 2.23. The Bertz CT molecular complexity index is 584. The number of nitriles is 1. The minimum absolute atomic E-state index is 0.551. The van der Waals surface area contributed by atoms with Crippen molar-refractivity contribution < 1.29 is 5.11 Å². The number of rotatable bonds is 2. The van der Waals surface area contributed by atoms with E-state index < -0.39 is 6.10 Å². The van der Waals surface area contributed by atoms with Crippen LogP contribution >= 0.6 is 22.6 Å². The number of hydrogen-bond donors (Lipinski definition) is 1. The van der Waals surface area contributed by atoms with Crippen molar-refractivity contribution >= 4 is 22.6 Å². The Morgan fingerprint density at radius 1 is 1.53 bits per heavy atom. The maximum Gasteiger partial charge on any atom is 0.0992 e. The zero-order chi connectivity index (χ0) is 12.4. The number of aliphatic hydroxyl groups is 1. The monoisotopic (exact) mass is 339 g/mol. The Morgan fingerprint density at radius 3 is 2.82 bits per heavy atom. The quantitative estimate of drug-likeness (QED) is 0.855. The molecule has 1 aromatic carbocycles. The number of aliphatic hydroxyl groups excluding tert-OH is 1. The lowest BCUT2D eigenvalue weighted by Gasteiger charge is -2.12. The average molecular weight is 339 g/mol. The zero-order valence-corrected chi connectivity index (χ0v) is 11.3. The van der Waals surface area contributed by atoms with Gasteiger partial charge in [-0.1, -0.05) is 6.07 Å². The fraction of sp³-hybridized carbons (Fsp3) is 0.167. The predicted octanol–water partition coefficient (Wildman–Crippen LogP) is 2.40. The van der Waals surface area contributed by atoms with Gasteiger partial charge < -0.3 is 5.11 Å². The topological polar surface area (TPSA) is 61.8 Å². The van der Waals surface area contributed by atoms with Crippen LogP contribution in [-0.4, -0.2) is 14.9 Å². The van der Waals surface area contributed by atoms with Crippen LogP contribution in [-0.2, 0) is 0 Å². The van der Waals surface area contributed by atoms with Crippen LogP contribution in [0.15, 0.2) is 30.6 Å². The summed E-state index contributed by atoms with van der Waals surface area (Å²) in [5.41, 5.74) is 2.04. The second-order valence-corrected chi connectivity index (χ2v) is 4.91. The molecule has 0 saturated carbocycles. The van der Waals surface area contributed by atoms with Gasteiger partial charge in [0.25, 0.3) is 0 Å². The highest BCUT2D eigenvalue weighted by atomic mass is 127. The zero-order valence-electron chi connectivity index (χ0n) is 9.13. The smallest absolute Gasteiger partial charge is 0.0992 e. The summed E-state index contributed by atoms with van der Waals surface area (Å²) in [5, 5.41) is 22.8. The first-order chi connectivity index (χ1) is 8.11. The minimum Gasteiger partial charge on any atom is -0.389 e. The van der Waals surface area contributed by atoms with E-state index in [1.54, 1.807) is 36.0 Å². The number of hydrogen-bond acceptors (Lipinski definition) is 3. The first-order valence-electron chi connectivity index (χ1n) is 5.04. The van der Waals surface area contributed by atoms with Crippen LogP contribution in [0.5, 0.6) is 0 Å². The minimum atomic E-state index is -0.598. The molecule has 2 rings (SSSR count). The molecule has 5 heteroatoms. The van der Waals surface area contributed by atoms with Gasteiger partial charge in [-0.05, 0) is 41.6 Å². The van der Waals surface area contributed by atoms with Crippen LogP contribution in [0.4, 0.5) is 0 Å². The van der Waals surface area contributed by atoms with E-state index in [1.165, 1.54) is 0 Å². The lowest BCUT2D eigenvalue weighted by atomic mass is 10.1. The fourth-order valence-corrected chi connectivity index (χ4v) is 1.99. The van der Waals surface area contributed by atoms with E-state index in [0.717, 1.165) is 14.8 Å². The van der Waals surface area contributed by atoms with Crippen molar-refractivity contribution in [3.63, 3.8) is 0 Å². The standard InChI is InChI=1S/C12H10IN3O/c1-8(17)11-3-2-9(5-14)4-12(11)16-7-10(13)6-15-16/h2-4,6-8,17H,1H3/t8-/m0/s1. The molecule has 1 atom stereocenters. The molecule has 0 spiro atoms. The summed E-state index contributed by atoms with van der Waals surface area (Å²) in [6.45, 7) is 1.69. The van der Waals surface area contributed by atoms with Gasteiger partial charge in [-0.25, -0.2) is 4.68 Å². The summed E-state index contributed by atoms with van der Waals surface area (Å²) in [6.07, 6.45) is 2.98. The highest BCUT2D eigenvalue weighted by Gasteiger charge is 2.11. The molecule has 0 aliphatic heterocycles. The first kappa shape index (κ1) is 12.1. The SMILES string of the molecule is C[C@H](O)c1ccc(C#N)cc1-n1cc(I)cn1. The van der Waals surface area contributed by atoms with Gasteiger partial charge in [0.15, 0.2) is 0 Å². The summed E-state index contributed by atoms with van der Waals surface area (Å²) in [4.78, 5) is 0. The van der Waals surface area contributed by atoms with Crippen molar-refractivity contribution in [3.8, 4) is 11.8 Å². The summed E-state index contributed by atoms with van der Waals surface area (Å²) in [5.74, 6) is 0. The van der Waals surface area contributed by atoms with E-state index >= 15 is 0 Å². The Morgan fingerprint density at radius 2 is 2.29 bits per heavy atom. The first-order valence-corrected chi connectivity index (χ1v) is 6.12. The number of nitrogens with zero attached hydrogens (tertiary/aromatic N) is 3. The van der Waals surface area contributed by atoms with E-state index in [1.807, 2.05) is 6.20 Å². The van der Waals surface area contributed by atoms with Crippen molar-refractivity contribution in [3.05, 3.63) is 45.3 Å².